The summed E-state index contributed by atoms with van der Waals surface area (Å²) in [6.07, 6.45) is 3.53. The van der Waals surface area contributed by atoms with Crippen LogP contribution < -0.4 is 5.32 Å². The zero-order chi connectivity index (χ0) is 17.2. The Morgan fingerprint density at radius 2 is 1.75 bits per heavy atom. The number of rotatable bonds is 4. The molecule has 2 atom stereocenters. The van der Waals surface area contributed by atoms with Crippen molar-refractivity contribution in [1.82, 2.24) is 5.32 Å². The first-order valence-electron chi connectivity index (χ1n) is 9.34. The summed E-state index contributed by atoms with van der Waals surface area (Å²) in [6.45, 7) is 10.3. The quantitative estimate of drug-likeness (QED) is 0.790. The Hall–Kier alpha value is -1.60. The Kier molecular flexibility index (Phi) is 5.10. The van der Waals surface area contributed by atoms with E-state index in [0.29, 0.717) is 12.0 Å². The van der Waals surface area contributed by atoms with E-state index in [2.05, 4.69) is 81.5 Å². The van der Waals surface area contributed by atoms with Crippen molar-refractivity contribution in [1.29, 1.82) is 0 Å². The van der Waals surface area contributed by atoms with Gasteiger partial charge in [0.1, 0.15) is 0 Å². The van der Waals surface area contributed by atoms with Crippen LogP contribution in [-0.2, 0) is 18.3 Å². The van der Waals surface area contributed by atoms with Crippen molar-refractivity contribution in [3.8, 4) is 0 Å². The summed E-state index contributed by atoms with van der Waals surface area (Å²) in [5, 5.41) is 3.72. The van der Waals surface area contributed by atoms with Gasteiger partial charge in [-0.25, -0.2) is 0 Å². The van der Waals surface area contributed by atoms with E-state index in [1.165, 1.54) is 28.7 Å². The third kappa shape index (κ3) is 4.08. The van der Waals surface area contributed by atoms with Gasteiger partial charge in [-0.15, -0.1) is 0 Å². The second-order valence-electron chi connectivity index (χ2n) is 8.45. The lowest BCUT2D eigenvalue weighted by Crippen LogP contribution is -2.31. The molecule has 1 aliphatic heterocycles. The predicted molar refractivity (Wildman–Crippen MR) is 104 cm³/mol. The minimum Gasteiger partial charge on any atom is -0.310 e. The summed E-state index contributed by atoms with van der Waals surface area (Å²) in [4.78, 5) is 0. The number of hydrogen-bond donors (Lipinski definition) is 1. The van der Waals surface area contributed by atoms with Gasteiger partial charge in [0.25, 0.3) is 0 Å². The average Bonchev–Trinajstić information content (AvgIpc) is 2.55. The molecule has 128 valence electrons. The van der Waals surface area contributed by atoms with E-state index in [9.17, 15) is 0 Å². The smallest absolute Gasteiger partial charge is 0.0325 e. The molecule has 1 nitrogen and oxygen atoms in total. The lowest BCUT2D eigenvalue weighted by Gasteiger charge is -2.29. The van der Waals surface area contributed by atoms with Crippen LogP contribution in [0.1, 0.15) is 62.4 Å². The monoisotopic (exact) mass is 321 g/mol. The van der Waals surface area contributed by atoms with Crippen LogP contribution in [0, 0.1) is 5.92 Å². The van der Waals surface area contributed by atoms with Gasteiger partial charge in [0.05, 0.1) is 0 Å². The molecule has 2 aromatic carbocycles. The third-order valence-electron chi connectivity index (χ3n) is 5.26. The molecule has 3 rings (SSSR count). The summed E-state index contributed by atoms with van der Waals surface area (Å²) >= 11 is 0. The van der Waals surface area contributed by atoms with Crippen LogP contribution in [0.5, 0.6) is 0 Å². The van der Waals surface area contributed by atoms with Gasteiger partial charge in [0.15, 0.2) is 0 Å². The molecular weight excluding hydrogens is 290 g/mol. The Morgan fingerprint density at radius 3 is 2.46 bits per heavy atom. The summed E-state index contributed by atoms with van der Waals surface area (Å²) in [5.74, 6) is 0.675. The zero-order valence-electron chi connectivity index (χ0n) is 15.6. The predicted octanol–water partition coefficient (Wildman–Crippen LogP) is 5.44. The van der Waals surface area contributed by atoms with Crippen molar-refractivity contribution in [3.05, 3.63) is 70.8 Å². The van der Waals surface area contributed by atoms with Crippen molar-refractivity contribution in [2.24, 2.45) is 5.92 Å². The third-order valence-corrected chi connectivity index (χ3v) is 5.26. The number of fused-ring (bicyclic) bond motifs is 1. The summed E-state index contributed by atoms with van der Waals surface area (Å²) in [5.41, 5.74) is 6.16. The fourth-order valence-electron chi connectivity index (χ4n) is 3.83. The van der Waals surface area contributed by atoms with Gasteiger partial charge in [0.2, 0.25) is 0 Å². The molecule has 0 spiro atoms. The first kappa shape index (κ1) is 17.2. The van der Waals surface area contributed by atoms with E-state index in [1.807, 2.05) is 0 Å². The molecule has 0 fully saturated rings. The van der Waals surface area contributed by atoms with Crippen molar-refractivity contribution in [2.45, 2.75) is 58.4 Å². The topological polar surface area (TPSA) is 12.0 Å². The van der Waals surface area contributed by atoms with Gasteiger partial charge in [-0.3, -0.25) is 0 Å². The highest BCUT2D eigenvalue weighted by Crippen LogP contribution is 2.29. The molecule has 1 heterocycles. The maximum absolute atomic E-state index is 3.72. The first-order chi connectivity index (χ1) is 11.4. The normalized spacial score (nSPS) is 18.9. The lowest BCUT2D eigenvalue weighted by atomic mass is 9.84. The van der Waals surface area contributed by atoms with Crippen molar-refractivity contribution in [2.75, 3.05) is 6.54 Å². The van der Waals surface area contributed by atoms with Crippen molar-refractivity contribution >= 4 is 0 Å². The molecule has 1 aliphatic rings. The van der Waals surface area contributed by atoms with Crippen LogP contribution >= 0.6 is 0 Å². The summed E-state index contributed by atoms with van der Waals surface area (Å²) in [7, 11) is 0. The van der Waals surface area contributed by atoms with Crippen molar-refractivity contribution < 1.29 is 0 Å². The second-order valence-corrected chi connectivity index (χ2v) is 8.45. The molecule has 0 saturated carbocycles. The van der Waals surface area contributed by atoms with E-state index in [0.717, 1.165) is 19.4 Å². The van der Waals surface area contributed by atoms with Gasteiger partial charge in [0, 0.05) is 6.04 Å². The maximum atomic E-state index is 3.72. The van der Waals surface area contributed by atoms with Crippen LogP contribution in [0.4, 0.5) is 0 Å². The SMILES string of the molecule is CC(Cc1ccc(C(C)(C)C)cc1)CC1NCCc2ccccc21. The Morgan fingerprint density at radius 1 is 1.04 bits per heavy atom. The Balaban J connectivity index is 1.63. The van der Waals surface area contributed by atoms with E-state index < -0.39 is 0 Å². The van der Waals surface area contributed by atoms with E-state index in [1.54, 1.807) is 0 Å². The molecular formula is C23H31N. The van der Waals surface area contributed by atoms with Crippen LogP contribution in [0.2, 0.25) is 0 Å². The van der Waals surface area contributed by atoms with Crippen LogP contribution in [0.15, 0.2) is 48.5 Å². The number of nitrogens with one attached hydrogen (secondary N) is 1. The van der Waals surface area contributed by atoms with Gasteiger partial charge in [-0.1, -0.05) is 76.2 Å². The molecule has 0 aromatic heterocycles. The first-order valence-corrected chi connectivity index (χ1v) is 9.34. The van der Waals surface area contributed by atoms with Gasteiger partial charge in [-0.2, -0.15) is 0 Å². The van der Waals surface area contributed by atoms with E-state index in [-0.39, 0.29) is 5.41 Å². The fourth-order valence-corrected chi connectivity index (χ4v) is 3.83. The van der Waals surface area contributed by atoms with Gasteiger partial charge < -0.3 is 5.32 Å². The lowest BCUT2D eigenvalue weighted by molar-refractivity contribution is 0.395. The molecule has 2 aromatic rings. The van der Waals surface area contributed by atoms with Crippen LogP contribution in [0.3, 0.4) is 0 Å². The molecule has 0 amide bonds. The molecule has 2 unspecified atom stereocenters. The maximum Gasteiger partial charge on any atom is 0.0325 e. The standard InChI is InChI=1S/C23H31N/c1-17(15-18-9-11-20(12-10-18)23(2,3)4)16-22-21-8-6-5-7-19(21)13-14-24-22/h5-12,17,22,24H,13-16H2,1-4H3. The second kappa shape index (κ2) is 7.11. The molecule has 24 heavy (non-hydrogen) atoms. The molecule has 0 radical (unpaired) electrons. The van der Waals surface area contributed by atoms with E-state index >= 15 is 0 Å². The Labute approximate surface area is 147 Å². The van der Waals surface area contributed by atoms with Gasteiger partial charge >= 0.3 is 0 Å². The zero-order valence-corrected chi connectivity index (χ0v) is 15.6. The minimum absolute atomic E-state index is 0.236. The van der Waals surface area contributed by atoms with E-state index in [4.69, 9.17) is 0 Å². The minimum atomic E-state index is 0.236. The highest BCUT2D eigenvalue weighted by molar-refractivity contribution is 5.32. The fraction of sp³-hybridized carbons (Fsp3) is 0.478. The number of benzene rings is 2. The summed E-state index contributed by atoms with van der Waals surface area (Å²) in [6, 6.07) is 18.7. The summed E-state index contributed by atoms with van der Waals surface area (Å²) < 4.78 is 0. The average molecular weight is 322 g/mol. The van der Waals surface area contributed by atoms with Crippen LogP contribution in [0.25, 0.3) is 0 Å². The number of hydrogen-bond acceptors (Lipinski definition) is 1. The molecule has 1 N–H and O–H groups in total. The van der Waals surface area contributed by atoms with Crippen molar-refractivity contribution in [3.63, 3.8) is 0 Å². The Bertz CT molecular complexity index is 663. The molecule has 0 bridgehead atoms. The largest absolute Gasteiger partial charge is 0.310 e. The highest BCUT2D eigenvalue weighted by atomic mass is 14.9. The van der Waals surface area contributed by atoms with Crippen LogP contribution in [-0.4, -0.2) is 6.54 Å². The van der Waals surface area contributed by atoms with Gasteiger partial charge in [-0.05, 0) is 59.4 Å². The molecule has 0 aliphatic carbocycles. The molecule has 1 heteroatoms. The highest BCUT2D eigenvalue weighted by Gasteiger charge is 2.21. The molecule has 0 saturated heterocycles.